The minimum absolute atomic E-state index is 0.0657. The lowest BCUT2D eigenvalue weighted by molar-refractivity contribution is 0.00620. The van der Waals surface area contributed by atoms with Crippen LogP contribution in [0.4, 0.5) is 4.79 Å². The Morgan fingerprint density at radius 3 is 2.12 bits per heavy atom. The standard InChI is InChI=1S/C9H20N2O5S/c1-6-16-7(12)10-17(14,15)11-8(2,3)9(4,5)13/h11,13H,6H2,1-5H3,(H,10,12). The Bertz CT molecular complexity index is 369. The molecule has 0 aliphatic carbocycles. The largest absolute Gasteiger partial charge is 0.449 e. The Kier molecular flexibility index (Phi) is 4.93. The molecule has 0 saturated heterocycles. The molecule has 0 aromatic rings. The summed E-state index contributed by atoms with van der Waals surface area (Å²) >= 11 is 0. The third-order valence-corrected chi connectivity index (χ3v) is 3.63. The molecule has 0 spiro atoms. The second-order valence-electron chi connectivity index (χ2n) is 4.61. The Labute approximate surface area is 102 Å². The molecule has 0 unspecified atom stereocenters. The van der Waals surface area contributed by atoms with Crippen molar-refractivity contribution in [2.24, 2.45) is 0 Å². The summed E-state index contributed by atoms with van der Waals surface area (Å²) in [5.74, 6) is 0. The smallest absolute Gasteiger partial charge is 0.421 e. The van der Waals surface area contributed by atoms with Crippen LogP contribution >= 0.6 is 0 Å². The van der Waals surface area contributed by atoms with Gasteiger partial charge in [-0.05, 0) is 34.6 Å². The highest BCUT2D eigenvalue weighted by Crippen LogP contribution is 2.21. The average Bonchev–Trinajstić information content (AvgIpc) is 1.97. The average molecular weight is 268 g/mol. The van der Waals surface area contributed by atoms with Crippen LogP contribution in [0.25, 0.3) is 0 Å². The van der Waals surface area contributed by atoms with E-state index < -0.39 is 27.4 Å². The molecule has 0 aliphatic heterocycles. The molecule has 0 fully saturated rings. The lowest BCUT2D eigenvalue weighted by Gasteiger charge is -2.37. The van der Waals surface area contributed by atoms with Crippen LogP contribution in [0.15, 0.2) is 0 Å². The number of amides is 1. The molecule has 7 nitrogen and oxygen atoms in total. The maximum atomic E-state index is 11.5. The molecule has 102 valence electrons. The topological polar surface area (TPSA) is 105 Å². The number of rotatable bonds is 5. The van der Waals surface area contributed by atoms with Gasteiger partial charge in [0.15, 0.2) is 0 Å². The molecule has 0 saturated carbocycles. The van der Waals surface area contributed by atoms with Gasteiger partial charge < -0.3 is 9.84 Å². The lowest BCUT2D eigenvalue weighted by Crippen LogP contribution is -2.60. The summed E-state index contributed by atoms with van der Waals surface area (Å²) in [6.45, 7) is 7.53. The highest BCUT2D eigenvalue weighted by atomic mass is 32.2. The quantitative estimate of drug-likeness (QED) is 0.656. The Hall–Kier alpha value is -0.860. The van der Waals surface area contributed by atoms with Crippen molar-refractivity contribution < 1.29 is 23.1 Å². The number of aliphatic hydroxyl groups is 1. The van der Waals surface area contributed by atoms with Crippen molar-refractivity contribution in [3.63, 3.8) is 0 Å². The second-order valence-corrected chi connectivity index (χ2v) is 6.03. The molecular formula is C9H20N2O5S. The van der Waals surface area contributed by atoms with Crippen LogP contribution in [-0.4, -0.2) is 37.4 Å². The third-order valence-electron chi connectivity index (χ3n) is 2.41. The minimum atomic E-state index is -4.08. The van der Waals surface area contributed by atoms with E-state index in [1.54, 1.807) is 11.6 Å². The summed E-state index contributed by atoms with van der Waals surface area (Å²) in [6, 6.07) is 0. The van der Waals surface area contributed by atoms with Crippen molar-refractivity contribution in [3.05, 3.63) is 0 Å². The van der Waals surface area contributed by atoms with Gasteiger partial charge in [-0.3, -0.25) is 0 Å². The third kappa shape index (κ3) is 5.33. The van der Waals surface area contributed by atoms with Crippen molar-refractivity contribution in [1.82, 2.24) is 9.44 Å². The zero-order valence-corrected chi connectivity index (χ0v) is 11.5. The van der Waals surface area contributed by atoms with Crippen molar-refractivity contribution in [3.8, 4) is 0 Å². The summed E-state index contributed by atoms with van der Waals surface area (Å²) in [4.78, 5) is 11.0. The highest BCUT2D eigenvalue weighted by Gasteiger charge is 2.38. The van der Waals surface area contributed by atoms with Crippen molar-refractivity contribution in [1.29, 1.82) is 0 Å². The normalized spacial score (nSPS) is 13.3. The summed E-state index contributed by atoms with van der Waals surface area (Å²) in [5, 5.41) is 9.78. The van der Waals surface area contributed by atoms with Crippen LogP contribution in [0.5, 0.6) is 0 Å². The van der Waals surface area contributed by atoms with Gasteiger partial charge >= 0.3 is 16.3 Å². The van der Waals surface area contributed by atoms with Crippen LogP contribution in [0.1, 0.15) is 34.6 Å². The molecule has 0 heterocycles. The molecule has 0 radical (unpaired) electrons. The molecule has 0 aromatic carbocycles. The van der Waals surface area contributed by atoms with Gasteiger partial charge in [-0.1, -0.05) is 0 Å². The Morgan fingerprint density at radius 1 is 1.29 bits per heavy atom. The summed E-state index contributed by atoms with van der Waals surface area (Å²) < 4.78 is 31.4. The molecule has 8 heteroatoms. The number of carbonyl (C=O) groups is 1. The molecule has 0 bridgehead atoms. The molecule has 1 amide bonds. The van der Waals surface area contributed by atoms with Gasteiger partial charge in [-0.15, -0.1) is 0 Å². The lowest BCUT2D eigenvalue weighted by atomic mass is 9.87. The first kappa shape index (κ1) is 16.1. The summed E-state index contributed by atoms with van der Waals surface area (Å²) in [5.41, 5.74) is -2.44. The fourth-order valence-electron chi connectivity index (χ4n) is 0.757. The van der Waals surface area contributed by atoms with Gasteiger partial charge in [0.25, 0.3) is 0 Å². The van der Waals surface area contributed by atoms with E-state index in [0.717, 1.165) is 0 Å². The van der Waals surface area contributed by atoms with Gasteiger partial charge in [-0.25, -0.2) is 9.52 Å². The van der Waals surface area contributed by atoms with Gasteiger partial charge in [-0.2, -0.15) is 13.1 Å². The van der Waals surface area contributed by atoms with Crippen molar-refractivity contribution in [2.45, 2.75) is 45.8 Å². The van der Waals surface area contributed by atoms with Gasteiger partial charge in [0.1, 0.15) is 0 Å². The molecule has 17 heavy (non-hydrogen) atoms. The van der Waals surface area contributed by atoms with E-state index in [0.29, 0.717) is 0 Å². The van der Waals surface area contributed by atoms with E-state index in [-0.39, 0.29) is 6.61 Å². The van der Waals surface area contributed by atoms with Gasteiger partial charge in [0.05, 0.1) is 17.7 Å². The van der Waals surface area contributed by atoms with Crippen LogP contribution in [0.3, 0.4) is 0 Å². The highest BCUT2D eigenvalue weighted by molar-refractivity contribution is 7.88. The Balaban J connectivity index is 4.73. The molecule has 0 atom stereocenters. The summed E-state index contributed by atoms with van der Waals surface area (Å²) in [7, 11) is -4.08. The van der Waals surface area contributed by atoms with E-state index in [9.17, 15) is 18.3 Å². The number of ether oxygens (including phenoxy) is 1. The van der Waals surface area contributed by atoms with E-state index in [1.807, 2.05) is 0 Å². The van der Waals surface area contributed by atoms with E-state index >= 15 is 0 Å². The van der Waals surface area contributed by atoms with Crippen LogP contribution in [0.2, 0.25) is 0 Å². The number of hydrogen-bond donors (Lipinski definition) is 3. The van der Waals surface area contributed by atoms with Crippen LogP contribution < -0.4 is 9.44 Å². The van der Waals surface area contributed by atoms with Crippen LogP contribution in [0, 0.1) is 0 Å². The zero-order valence-electron chi connectivity index (χ0n) is 10.7. The number of hydrogen-bond acceptors (Lipinski definition) is 5. The second kappa shape index (κ2) is 5.19. The maximum Gasteiger partial charge on any atom is 0.421 e. The maximum absolute atomic E-state index is 11.5. The van der Waals surface area contributed by atoms with Crippen LogP contribution in [-0.2, 0) is 14.9 Å². The first-order chi connectivity index (χ1) is 7.41. The monoisotopic (exact) mass is 268 g/mol. The van der Waals surface area contributed by atoms with Crippen molar-refractivity contribution in [2.75, 3.05) is 6.61 Å². The predicted octanol–water partition coefficient (Wildman–Crippen LogP) is 0.116. The Morgan fingerprint density at radius 2 is 1.76 bits per heavy atom. The molecule has 0 aliphatic rings. The molecule has 3 N–H and O–H groups in total. The minimum Gasteiger partial charge on any atom is -0.449 e. The molecule has 0 aromatic heterocycles. The first-order valence-electron chi connectivity index (χ1n) is 5.12. The van der Waals surface area contributed by atoms with E-state index in [4.69, 9.17) is 0 Å². The molecule has 0 rings (SSSR count). The number of carbonyl (C=O) groups excluding carboxylic acids is 1. The fraction of sp³-hybridized carbons (Fsp3) is 0.889. The fourth-order valence-corrected chi connectivity index (χ4v) is 2.01. The van der Waals surface area contributed by atoms with Gasteiger partial charge in [0, 0.05) is 0 Å². The predicted molar refractivity (Wildman–Crippen MR) is 62.6 cm³/mol. The first-order valence-corrected chi connectivity index (χ1v) is 6.60. The van der Waals surface area contributed by atoms with Crippen molar-refractivity contribution >= 4 is 16.3 Å². The number of nitrogens with one attached hydrogen (secondary N) is 2. The molecular weight excluding hydrogens is 248 g/mol. The van der Waals surface area contributed by atoms with E-state index in [1.165, 1.54) is 27.7 Å². The van der Waals surface area contributed by atoms with E-state index in [2.05, 4.69) is 9.46 Å². The summed E-state index contributed by atoms with van der Waals surface area (Å²) in [6.07, 6.45) is -1.06. The SMILES string of the molecule is CCOC(=O)NS(=O)(=O)NC(C)(C)C(C)(C)O. The zero-order chi connectivity index (χ0) is 13.9. The van der Waals surface area contributed by atoms with Gasteiger partial charge in [0.2, 0.25) is 0 Å².